The van der Waals surface area contributed by atoms with Gasteiger partial charge < -0.3 is 0 Å². The predicted molar refractivity (Wildman–Crippen MR) is 244 cm³/mol. The number of hydrogen-bond donors (Lipinski definition) is 0. The second kappa shape index (κ2) is 22.0. The highest BCUT2D eigenvalue weighted by atomic mass is 31.2. The highest BCUT2D eigenvalue weighted by Gasteiger charge is 2.53. The average molecular weight is 1100 g/mol. The van der Waals surface area contributed by atoms with Crippen molar-refractivity contribution in [2.45, 2.75) is 19.8 Å². The van der Waals surface area contributed by atoms with Crippen LogP contribution in [0.1, 0.15) is 29.3 Å². The Morgan fingerprint density at radius 3 is 0.776 bits per heavy atom. The molecular weight excluding hydrogens is 1070 g/mol. The van der Waals surface area contributed by atoms with E-state index in [1.807, 2.05) is 30.3 Å². The van der Waals surface area contributed by atoms with Gasteiger partial charge in [0.15, 0.2) is 69.8 Å². The fourth-order valence-electron chi connectivity index (χ4n) is 9.10. The molecule has 0 atom stereocenters. The number of carbonyl (C=O) groups is 1. The molecule has 8 aromatic rings. The van der Waals surface area contributed by atoms with Crippen LogP contribution in [0.15, 0.2) is 115 Å². The van der Waals surface area contributed by atoms with Gasteiger partial charge in [-0.05, 0) is 48.4 Å². The molecule has 0 aliphatic carbocycles. The smallest absolute Gasteiger partial charge is 0.201 e. The van der Waals surface area contributed by atoms with Gasteiger partial charge in [0.25, 0.3) is 0 Å². The number of hydrogen-bond acceptors (Lipinski definition) is 1. The normalized spacial score (nSPS) is 11.7. The molecule has 0 fully saturated rings. The Labute approximate surface area is 417 Å². The summed E-state index contributed by atoms with van der Waals surface area (Å²) in [5.74, 6) is -71.2. The highest BCUT2D eigenvalue weighted by Crippen LogP contribution is 2.55. The minimum absolute atomic E-state index is 0.202. The van der Waals surface area contributed by atoms with Crippen LogP contribution in [0.4, 0.5) is 87.8 Å². The van der Waals surface area contributed by atoms with Gasteiger partial charge in [-0.3, -0.25) is 4.79 Å². The molecule has 0 heterocycles. The molecule has 23 heteroatoms. The number of carbonyl (C=O) groups excluding carboxylic acids is 1. The lowest BCUT2D eigenvalue weighted by Gasteiger charge is -2.44. The second-order valence-electron chi connectivity index (χ2n) is 16.6. The molecule has 0 radical (unpaired) electrons. The van der Waals surface area contributed by atoms with Gasteiger partial charge in [-0.1, -0.05) is 92.2 Å². The highest BCUT2D eigenvalue weighted by molar-refractivity contribution is 7.96. The molecule has 0 aromatic heterocycles. The van der Waals surface area contributed by atoms with Crippen molar-refractivity contribution >= 4 is 57.0 Å². The zero-order chi connectivity index (χ0) is 55.9. The topological polar surface area (TPSA) is 17.1 Å². The van der Waals surface area contributed by atoms with Crippen LogP contribution in [-0.2, 0) is 6.42 Å². The third-order valence-corrected chi connectivity index (χ3v) is 16.8. The van der Waals surface area contributed by atoms with Crippen LogP contribution in [0.5, 0.6) is 0 Å². The van der Waals surface area contributed by atoms with Crippen LogP contribution < -0.4 is 37.8 Å². The fraction of sp³-hybridized carbons (Fsp3) is 0.0755. The Morgan fingerprint density at radius 2 is 0.553 bits per heavy atom. The van der Waals surface area contributed by atoms with Crippen LogP contribution in [0.2, 0.25) is 0 Å². The second-order valence-corrected chi connectivity index (χ2v) is 20.1. The SMILES string of the molecule is CCCc1ccc(C(=O)C[P+](c2ccccc2)(c2ccccc2)c2ccccc2)cc1.Fc1c(F)c(F)c([B-](c2c(F)c(F)c(F)c(F)c2F)(c2c(F)c(F)c(F)c(F)c2F)c2c(F)c(F)c(F)c(F)c2F)c(F)c1F. The minimum Gasteiger partial charge on any atom is -0.290 e. The summed E-state index contributed by atoms with van der Waals surface area (Å²) >= 11 is 0. The molecule has 0 aliphatic heterocycles. The fourth-order valence-corrected chi connectivity index (χ4v) is 13.2. The molecule has 0 saturated heterocycles. The molecule has 0 spiro atoms. The summed E-state index contributed by atoms with van der Waals surface area (Å²) in [6.07, 6.45) is -4.58. The van der Waals surface area contributed by atoms with Gasteiger partial charge in [0.2, 0.25) is 5.78 Å². The average Bonchev–Trinajstić information content (AvgIpc) is 3.43. The number of halogens is 20. The number of aryl methyl sites for hydroxylation is 1. The number of rotatable bonds is 12. The summed E-state index contributed by atoms with van der Waals surface area (Å²) in [7, 11) is -2.15. The number of benzene rings is 8. The molecule has 0 aliphatic rings. The first-order valence-electron chi connectivity index (χ1n) is 21.8. The molecule has 0 saturated carbocycles. The molecule has 0 bridgehead atoms. The molecule has 76 heavy (non-hydrogen) atoms. The van der Waals surface area contributed by atoms with E-state index in [0.717, 1.165) is 18.4 Å². The third-order valence-electron chi connectivity index (χ3n) is 12.5. The number of Topliss-reactive ketones (excluding diaryl/α,β-unsaturated/α-hetero) is 1. The van der Waals surface area contributed by atoms with E-state index in [-0.39, 0.29) is 5.78 Å². The molecule has 394 valence electrons. The Kier molecular flexibility index (Phi) is 16.3. The molecular formula is C53H28BF20OP. The van der Waals surface area contributed by atoms with Crippen molar-refractivity contribution in [2.24, 2.45) is 0 Å². The Bertz CT molecular complexity index is 3050. The van der Waals surface area contributed by atoms with Gasteiger partial charge in [-0.2, -0.15) is 0 Å². The Balaban J connectivity index is 0.000000236. The third kappa shape index (κ3) is 9.17. The standard InChI is InChI=1S/C29H28OP.C24BF20/c1-2-12-24-19-21-25(22-20-24)29(30)23-31(26-13-6-3-7-14-26,27-15-8-4-9-16-27)28-17-10-5-11-18-28;26-5-1(6(27)14(35)21(42)13(5)34)25(2-7(28)15(36)22(43)16(37)8(2)29,3-9(30)17(38)23(44)18(39)10(3)31)4-11(32)19(40)24(45)20(41)12(4)33/h3-11,13-22H,2,12,23H2,1H3;/q+1;-1. The van der Waals surface area contributed by atoms with E-state index in [2.05, 4.69) is 91.9 Å². The summed E-state index contributed by atoms with van der Waals surface area (Å²) in [5, 5.41) is 3.72. The van der Waals surface area contributed by atoms with Gasteiger partial charge in [0.1, 0.15) is 82.0 Å². The monoisotopic (exact) mass is 1100 g/mol. The van der Waals surface area contributed by atoms with E-state index < -0.39 is 152 Å². The van der Waals surface area contributed by atoms with Gasteiger partial charge in [0, 0.05) is 5.56 Å². The summed E-state index contributed by atoms with van der Waals surface area (Å²) in [6, 6.07) is 40.0. The summed E-state index contributed by atoms with van der Waals surface area (Å²) < 4.78 is 294. The minimum atomic E-state index is -7.22. The maximum Gasteiger partial charge on any atom is 0.201 e. The molecule has 0 unspecified atom stereocenters. The first-order chi connectivity index (χ1) is 35.9. The lowest BCUT2D eigenvalue weighted by Crippen LogP contribution is -2.81. The van der Waals surface area contributed by atoms with Gasteiger partial charge in [-0.15, -0.1) is 21.9 Å². The molecule has 8 aromatic carbocycles. The zero-order valence-corrected chi connectivity index (χ0v) is 39.0. The van der Waals surface area contributed by atoms with Crippen molar-refractivity contribution < 1.29 is 92.6 Å². The van der Waals surface area contributed by atoms with Crippen molar-refractivity contribution in [1.82, 2.24) is 0 Å². The molecule has 8 rings (SSSR count). The van der Waals surface area contributed by atoms with Gasteiger partial charge >= 0.3 is 0 Å². The Hall–Kier alpha value is -7.48. The van der Waals surface area contributed by atoms with E-state index in [0.29, 0.717) is 6.16 Å². The first kappa shape index (κ1) is 56.3. The van der Waals surface area contributed by atoms with Crippen LogP contribution >= 0.6 is 7.26 Å². The molecule has 0 amide bonds. The summed E-state index contributed by atoms with van der Waals surface area (Å²) in [4.78, 5) is 13.7. The van der Waals surface area contributed by atoms with E-state index in [1.165, 1.54) is 21.5 Å². The van der Waals surface area contributed by atoms with Crippen LogP contribution in [-0.4, -0.2) is 18.1 Å². The lowest BCUT2D eigenvalue weighted by atomic mass is 9.12. The summed E-state index contributed by atoms with van der Waals surface area (Å²) in [5.41, 5.74) is -12.2. The molecule has 0 N–H and O–H groups in total. The van der Waals surface area contributed by atoms with Crippen molar-refractivity contribution in [1.29, 1.82) is 0 Å². The predicted octanol–water partition coefficient (Wildman–Crippen LogP) is 11.7. The van der Waals surface area contributed by atoms with Gasteiger partial charge in [0.05, 0.1) is 0 Å². The van der Waals surface area contributed by atoms with Gasteiger partial charge in [-0.25, -0.2) is 87.8 Å². The zero-order valence-electron chi connectivity index (χ0n) is 38.1. The summed E-state index contributed by atoms with van der Waals surface area (Å²) in [6.45, 7) is 2.18. The maximum atomic E-state index is 15.4. The van der Waals surface area contributed by atoms with Crippen LogP contribution in [0, 0.1) is 116 Å². The van der Waals surface area contributed by atoms with Crippen molar-refractivity contribution in [3.8, 4) is 0 Å². The Morgan fingerprint density at radius 1 is 0.329 bits per heavy atom. The van der Waals surface area contributed by atoms with E-state index in [4.69, 9.17) is 0 Å². The van der Waals surface area contributed by atoms with E-state index >= 15 is 35.1 Å². The van der Waals surface area contributed by atoms with E-state index in [9.17, 15) is 57.5 Å². The van der Waals surface area contributed by atoms with Crippen molar-refractivity contribution in [2.75, 3.05) is 6.16 Å². The van der Waals surface area contributed by atoms with E-state index in [1.54, 1.807) is 0 Å². The van der Waals surface area contributed by atoms with Crippen molar-refractivity contribution in [3.63, 3.8) is 0 Å². The maximum absolute atomic E-state index is 15.4. The molecule has 1 nitrogen and oxygen atoms in total. The van der Waals surface area contributed by atoms with Crippen LogP contribution in [0.3, 0.4) is 0 Å². The van der Waals surface area contributed by atoms with Crippen LogP contribution in [0.25, 0.3) is 0 Å². The quantitative estimate of drug-likeness (QED) is 0.0298. The first-order valence-corrected chi connectivity index (χ1v) is 23.8. The largest absolute Gasteiger partial charge is 0.290 e. The number of ketones is 1. The van der Waals surface area contributed by atoms with Crippen molar-refractivity contribution in [3.05, 3.63) is 243 Å². The lowest BCUT2D eigenvalue weighted by molar-refractivity contribution is 0.102.